The summed E-state index contributed by atoms with van der Waals surface area (Å²) in [6.45, 7) is 5.03. The molecule has 1 N–H and O–H groups in total. The minimum atomic E-state index is -4.18. The molecule has 0 radical (unpaired) electrons. The lowest BCUT2D eigenvalue weighted by Gasteiger charge is -2.34. The Bertz CT molecular complexity index is 1450. The van der Waals surface area contributed by atoms with E-state index in [2.05, 4.69) is 5.32 Å². The Morgan fingerprint density at radius 1 is 0.951 bits per heavy atom. The van der Waals surface area contributed by atoms with E-state index in [1.807, 2.05) is 13.8 Å². The van der Waals surface area contributed by atoms with Crippen molar-refractivity contribution in [3.8, 4) is 5.75 Å². The van der Waals surface area contributed by atoms with Crippen LogP contribution in [0.1, 0.15) is 39.2 Å². The molecule has 0 fully saturated rings. The second-order valence-corrected chi connectivity index (χ2v) is 12.2. The van der Waals surface area contributed by atoms with Gasteiger partial charge in [0, 0.05) is 28.7 Å². The average Bonchev–Trinajstić information content (AvgIpc) is 2.97. The summed E-state index contributed by atoms with van der Waals surface area (Å²) in [5.41, 5.74) is 0.807. The largest absolute Gasteiger partial charge is 0.497 e. The van der Waals surface area contributed by atoms with Crippen molar-refractivity contribution < 1.29 is 22.7 Å². The molecule has 0 aliphatic carbocycles. The van der Waals surface area contributed by atoms with Crippen LogP contribution in [0.2, 0.25) is 10.0 Å². The van der Waals surface area contributed by atoms with Crippen LogP contribution in [0.5, 0.6) is 5.75 Å². The first-order valence-electron chi connectivity index (χ1n) is 13.3. The van der Waals surface area contributed by atoms with Crippen molar-refractivity contribution in [2.45, 2.75) is 57.1 Å². The highest BCUT2D eigenvalue weighted by molar-refractivity contribution is 7.92. The molecule has 2 atom stereocenters. The molecule has 11 heteroatoms. The third kappa shape index (κ3) is 8.15. The summed E-state index contributed by atoms with van der Waals surface area (Å²) in [5, 5.41) is 3.70. The van der Waals surface area contributed by atoms with Gasteiger partial charge in [-0.25, -0.2) is 8.42 Å². The number of sulfonamides is 1. The first-order valence-corrected chi connectivity index (χ1v) is 15.5. The molecular weight excluding hydrogens is 585 g/mol. The number of methoxy groups -OCH3 is 1. The second-order valence-electron chi connectivity index (χ2n) is 9.53. The third-order valence-corrected chi connectivity index (χ3v) is 9.07. The summed E-state index contributed by atoms with van der Waals surface area (Å²) in [5.74, 6) is -0.490. The number of carbonyl (C=O) groups excluding carboxylic acids is 2. The maximum atomic E-state index is 14.1. The van der Waals surface area contributed by atoms with Gasteiger partial charge in [0.25, 0.3) is 10.0 Å². The van der Waals surface area contributed by atoms with Gasteiger partial charge in [-0.15, -0.1) is 0 Å². The van der Waals surface area contributed by atoms with Crippen LogP contribution < -0.4 is 14.4 Å². The van der Waals surface area contributed by atoms with E-state index in [0.29, 0.717) is 34.2 Å². The van der Waals surface area contributed by atoms with Crippen molar-refractivity contribution in [3.63, 3.8) is 0 Å². The van der Waals surface area contributed by atoms with Crippen molar-refractivity contribution in [3.05, 3.63) is 88.4 Å². The third-order valence-electron chi connectivity index (χ3n) is 6.69. The van der Waals surface area contributed by atoms with E-state index in [1.54, 1.807) is 67.6 Å². The summed E-state index contributed by atoms with van der Waals surface area (Å²) in [4.78, 5) is 28.9. The van der Waals surface area contributed by atoms with Crippen molar-refractivity contribution in [1.29, 1.82) is 0 Å². The van der Waals surface area contributed by atoms with E-state index in [9.17, 15) is 18.0 Å². The fourth-order valence-corrected chi connectivity index (χ4v) is 6.10. The smallest absolute Gasteiger partial charge is 0.264 e. The molecule has 0 saturated heterocycles. The molecule has 0 aliphatic heterocycles. The van der Waals surface area contributed by atoms with Gasteiger partial charge in [0.15, 0.2) is 0 Å². The van der Waals surface area contributed by atoms with Gasteiger partial charge < -0.3 is 15.0 Å². The molecule has 220 valence electrons. The highest BCUT2D eigenvalue weighted by Crippen LogP contribution is 2.28. The summed E-state index contributed by atoms with van der Waals surface area (Å²) in [7, 11) is -2.71. The summed E-state index contributed by atoms with van der Waals surface area (Å²) < 4.78 is 34.1. The number of rotatable bonds is 13. The van der Waals surface area contributed by atoms with E-state index in [4.69, 9.17) is 27.9 Å². The van der Waals surface area contributed by atoms with Gasteiger partial charge in [0.1, 0.15) is 18.3 Å². The Kier molecular flexibility index (Phi) is 11.5. The predicted octanol–water partition coefficient (Wildman–Crippen LogP) is 5.92. The van der Waals surface area contributed by atoms with E-state index in [-0.39, 0.29) is 29.1 Å². The minimum Gasteiger partial charge on any atom is -0.497 e. The molecular formula is C30H35Cl2N3O5S. The lowest BCUT2D eigenvalue weighted by atomic mass is 10.1. The van der Waals surface area contributed by atoms with Gasteiger partial charge in [-0.2, -0.15) is 0 Å². The molecule has 2 amide bonds. The van der Waals surface area contributed by atoms with Crippen molar-refractivity contribution in [2.24, 2.45) is 0 Å². The maximum Gasteiger partial charge on any atom is 0.264 e. The number of amides is 2. The van der Waals surface area contributed by atoms with E-state index in [0.717, 1.165) is 4.31 Å². The zero-order valence-electron chi connectivity index (χ0n) is 23.5. The zero-order valence-corrected chi connectivity index (χ0v) is 25.8. The van der Waals surface area contributed by atoms with Gasteiger partial charge in [-0.05, 0) is 61.7 Å². The van der Waals surface area contributed by atoms with Crippen LogP contribution in [-0.2, 0) is 26.2 Å². The lowest BCUT2D eigenvalue weighted by Crippen LogP contribution is -2.53. The number of ether oxygens (including phenoxy) is 1. The van der Waals surface area contributed by atoms with Crippen LogP contribution in [-0.4, -0.2) is 50.9 Å². The first kappa shape index (κ1) is 32.2. The first-order chi connectivity index (χ1) is 19.5. The van der Waals surface area contributed by atoms with Gasteiger partial charge in [0.2, 0.25) is 11.8 Å². The molecule has 0 spiro atoms. The lowest BCUT2D eigenvalue weighted by molar-refractivity contribution is -0.140. The van der Waals surface area contributed by atoms with Crippen LogP contribution in [0.25, 0.3) is 0 Å². The van der Waals surface area contributed by atoms with Crippen molar-refractivity contribution >= 4 is 50.7 Å². The van der Waals surface area contributed by atoms with Crippen molar-refractivity contribution in [2.75, 3.05) is 18.0 Å². The molecule has 0 bridgehead atoms. The van der Waals surface area contributed by atoms with Crippen molar-refractivity contribution in [1.82, 2.24) is 10.2 Å². The molecule has 3 aromatic rings. The van der Waals surface area contributed by atoms with Gasteiger partial charge >= 0.3 is 0 Å². The molecule has 0 unspecified atom stereocenters. The Hall–Kier alpha value is -3.27. The Morgan fingerprint density at radius 3 is 2.27 bits per heavy atom. The van der Waals surface area contributed by atoms with Crippen LogP contribution in [0.15, 0.2) is 77.7 Å². The van der Waals surface area contributed by atoms with Crippen LogP contribution in [0.3, 0.4) is 0 Å². The number of nitrogens with one attached hydrogen (secondary N) is 1. The highest BCUT2D eigenvalue weighted by Gasteiger charge is 2.34. The molecule has 3 rings (SSSR count). The van der Waals surface area contributed by atoms with Crippen LogP contribution in [0.4, 0.5) is 5.69 Å². The molecule has 0 heterocycles. The monoisotopic (exact) mass is 619 g/mol. The minimum absolute atomic E-state index is 0.0180. The van der Waals surface area contributed by atoms with E-state index < -0.39 is 28.5 Å². The highest BCUT2D eigenvalue weighted by atomic mass is 35.5. The van der Waals surface area contributed by atoms with Gasteiger partial charge in [-0.1, -0.05) is 67.4 Å². The summed E-state index contributed by atoms with van der Waals surface area (Å²) in [6.07, 6.45) is 1.00. The van der Waals surface area contributed by atoms with Crippen LogP contribution >= 0.6 is 23.2 Å². The van der Waals surface area contributed by atoms with Gasteiger partial charge in [0.05, 0.1) is 17.7 Å². The normalized spacial score (nSPS) is 12.7. The number of hydrogen-bond donors (Lipinski definition) is 1. The quantitative estimate of drug-likeness (QED) is 0.256. The number of nitrogens with zero attached hydrogens (tertiary/aromatic N) is 2. The predicted molar refractivity (Wildman–Crippen MR) is 163 cm³/mol. The second kappa shape index (κ2) is 14.6. The Morgan fingerprint density at radius 2 is 1.66 bits per heavy atom. The summed E-state index contributed by atoms with van der Waals surface area (Å²) >= 11 is 12.5. The SMILES string of the molecule is CC[C@H](C(=O)N[C@@H](C)CC)N(Cc1ccc(Cl)cc1Cl)C(=O)CN(c1cccc(OC)c1)S(=O)(=O)c1ccccc1. The van der Waals surface area contributed by atoms with E-state index >= 15 is 0 Å². The van der Waals surface area contributed by atoms with Crippen LogP contribution in [0, 0.1) is 0 Å². The standard InChI is InChI=1S/C30H35Cl2N3O5S/c1-5-21(3)33-30(37)28(6-2)34(19-22-15-16-23(31)17-27(22)32)29(36)20-35(24-11-10-12-25(18-24)40-4)41(38,39)26-13-8-7-9-14-26/h7-18,21,28H,5-6,19-20H2,1-4H3,(H,33,37)/t21-,28+/m0/s1. The number of benzene rings is 3. The Balaban J connectivity index is 2.09. The topological polar surface area (TPSA) is 96.0 Å². The van der Waals surface area contributed by atoms with E-state index in [1.165, 1.54) is 24.1 Å². The number of carbonyl (C=O) groups is 2. The number of halogens is 2. The molecule has 0 aromatic heterocycles. The molecule has 0 aliphatic rings. The van der Waals surface area contributed by atoms with Gasteiger partial charge in [-0.3, -0.25) is 13.9 Å². The fourth-order valence-electron chi connectivity index (χ4n) is 4.21. The maximum absolute atomic E-state index is 14.1. The Labute approximate surface area is 252 Å². The molecule has 0 saturated carbocycles. The molecule has 8 nitrogen and oxygen atoms in total. The zero-order chi connectivity index (χ0) is 30.2. The fraction of sp³-hybridized carbons (Fsp3) is 0.333. The average molecular weight is 621 g/mol. The number of anilines is 1. The molecule has 41 heavy (non-hydrogen) atoms. The number of hydrogen-bond acceptors (Lipinski definition) is 5. The molecule has 3 aromatic carbocycles. The summed E-state index contributed by atoms with van der Waals surface area (Å²) in [6, 6.07) is 18.2.